The Hall–Kier alpha value is -1.88. The summed E-state index contributed by atoms with van der Waals surface area (Å²) in [6.45, 7) is 2.12. The lowest BCUT2D eigenvalue weighted by Crippen LogP contribution is -2.51. The molecule has 0 aromatic heterocycles. The van der Waals surface area contributed by atoms with E-state index in [1.807, 2.05) is 23.1 Å². The van der Waals surface area contributed by atoms with Crippen molar-refractivity contribution in [1.29, 1.82) is 0 Å². The molecule has 2 saturated heterocycles. The summed E-state index contributed by atoms with van der Waals surface area (Å²) in [5.41, 5.74) is 0.822. The van der Waals surface area contributed by atoms with E-state index in [1.165, 1.54) is 5.56 Å². The summed E-state index contributed by atoms with van der Waals surface area (Å²) in [7, 11) is 0. The molecule has 1 unspecified atom stereocenters. The van der Waals surface area contributed by atoms with Gasteiger partial charge in [0.2, 0.25) is 11.8 Å². The van der Waals surface area contributed by atoms with Gasteiger partial charge in [-0.05, 0) is 31.2 Å². The van der Waals surface area contributed by atoms with Crippen LogP contribution in [0.5, 0.6) is 0 Å². The summed E-state index contributed by atoms with van der Waals surface area (Å²) in [5.74, 6) is -0.0796. The van der Waals surface area contributed by atoms with Crippen LogP contribution in [0.25, 0.3) is 0 Å². The van der Waals surface area contributed by atoms with Crippen molar-refractivity contribution in [2.75, 3.05) is 32.8 Å². The monoisotopic (exact) mass is 316 g/mol. The molecule has 1 N–H and O–H groups in total. The lowest BCUT2D eigenvalue weighted by Gasteiger charge is -2.39. The maximum absolute atomic E-state index is 13.0. The second kappa shape index (κ2) is 6.71. The second-order valence-corrected chi connectivity index (χ2v) is 6.64. The Morgan fingerprint density at radius 3 is 2.70 bits per heavy atom. The van der Waals surface area contributed by atoms with Gasteiger partial charge in [-0.2, -0.15) is 0 Å². The van der Waals surface area contributed by atoms with Gasteiger partial charge in [-0.15, -0.1) is 0 Å². The normalized spacial score (nSPS) is 24.5. The number of rotatable bonds is 4. The Balaban J connectivity index is 1.63. The number of carbonyl (C=O) groups excluding carboxylic acids is 2. The first kappa shape index (κ1) is 16.0. The lowest BCUT2D eigenvalue weighted by molar-refractivity contribution is -0.146. The molecule has 3 rings (SSSR count). The van der Waals surface area contributed by atoms with Crippen LogP contribution in [0.4, 0.5) is 0 Å². The molecule has 0 saturated carbocycles. The van der Waals surface area contributed by atoms with Crippen LogP contribution in [0.3, 0.4) is 0 Å². The van der Waals surface area contributed by atoms with Gasteiger partial charge in [0.15, 0.2) is 0 Å². The van der Waals surface area contributed by atoms with Crippen LogP contribution in [0, 0.1) is 5.41 Å². The highest BCUT2D eigenvalue weighted by Crippen LogP contribution is 2.40. The minimum Gasteiger partial charge on any atom is -0.387 e. The Morgan fingerprint density at radius 1 is 1.17 bits per heavy atom. The molecule has 2 amide bonds. The third-order valence-corrected chi connectivity index (χ3v) is 5.18. The zero-order chi connectivity index (χ0) is 16.3. The van der Waals surface area contributed by atoms with Crippen molar-refractivity contribution in [3.05, 3.63) is 35.9 Å². The third kappa shape index (κ3) is 3.24. The predicted octanol–water partition coefficient (Wildman–Crippen LogP) is 1.06. The van der Waals surface area contributed by atoms with Crippen LogP contribution in [-0.4, -0.2) is 59.5 Å². The number of likely N-dealkylation sites (tertiary alicyclic amines) is 2. The molecule has 23 heavy (non-hydrogen) atoms. The molecular weight excluding hydrogens is 292 g/mol. The first-order valence-corrected chi connectivity index (χ1v) is 8.37. The van der Waals surface area contributed by atoms with E-state index in [1.54, 1.807) is 4.90 Å². The van der Waals surface area contributed by atoms with E-state index >= 15 is 0 Å². The summed E-state index contributed by atoms with van der Waals surface area (Å²) in [5, 5.41) is 9.02. The van der Waals surface area contributed by atoms with Gasteiger partial charge in [0.1, 0.15) is 6.61 Å². The summed E-state index contributed by atoms with van der Waals surface area (Å²) in [4.78, 5) is 28.2. The largest absolute Gasteiger partial charge is 0.387 e. The summed E-state index contributed by atoms with van der Waals surface area (Å²) >= 11 is 0. The minimum atomic E-state index is -0.470. The number of hydrogen-bond acceptors (Lipinski definition) is 3. The molecule has 0 radical (unpaired) electrons. The van der Waals surface area contributed by atoms with E-state index < -0.39 is 12.0 Å². The first-order valence-electron chi connectivity index (χ1n) is 8.37. The van der Waals surface area contributed by atoms with Gasteiger partial charge in [0, 0.05) is 26.2 Å². The smallest absolute Gasteiger partial charge is 0.248 e. The fourth-order valence-electron chi connectivity index (χ4n) is 3.84. The molecule has 1 spiro atoms. The molecule has 1 aromatic carbocycles. The van der Waals surface area contributed by atoms with Crippen LogP contribution in [0.15, 0.2) is 30.3 Å². The number of amides is 2. The average molecular weight is 316 g/mol. The molecule has 2 heterocycles. The number of nitrogens with zero attached hydrogens (tertiary/aromatic N) is 2. The first-order chi connectivity index (χ1) is 11.1. The van der Waals surface area contributed by atoms with Crippen molar-refractivity contribution in [3.63, 3.8) is 0 Å². The standard InChI is InChI=1S/C18H24N2O3/c21-13-16(22)20-12-9-18(14-20)8-4-10-19(17(18)23)11-7-15-5-2-1-3-6-15/h1-3,5-6,21H,4,7-14H2. The lowest BCUT2D eigenvalue weighted by atomic mass is 9.78. The topological polar surface area (TPSA) is 60.9 Å². The van der Waals surface area contributed by atoms with Crippen molar-refractivity contribution in [2.45, 2.75) is 25.7 Å². The molecule has 1 atom stereocenters. The molecule has 1 aromatic rings. The second-order valence-electron chi connectivity index (χ2n) is 6.64. The fourth-order valence-corrected chi connectivity index (χ4v) is 3.84. The highest BCUT2D eigenvalue weighted by molar-refractivity contribution is 5.86. The van der Waals surface area contributed by atoms with Gasteiger partial charge in [0.05, 0.1) is 5.41 Å². The van der Waals surface area contributed by atoms with Gasteiger partial charge in [-0.1, -0.05) is 30.3 Å². The van der Waals surface area contributed by atoms with Crippen molar-refractivity contribution in [3.8, 4) is 0 Å². The van der Waals surface area contributed by atoms with Crippen molar-refractivity contribution < 1.29 is 14.7 Å². The van der Waals surface area contributed by atoms with E-state index in [0.717, 1.165) is 38.8 Å². The molecule has 2 aliphatic rings. The molecule has 0 bridgehead atoms. The molecular formula is C18H24N2O3. The highest BCUT2D eigenvalue weighted by atomic mass is 16.3. The van der Waals surface area contributed by atoms with E-state index in [4.69, 9.17) is 5.11 Å². The van der Waals surface area contributed by atoms with E-state index in [-0.39, 0.29) is 11.8 Å². The van der Waals surface area contributed by atoms with Gasteiger partial charge in [-0.25, -0.2) is 0 Å². The quantitative estimate of drug-likeness (QED) is 0.904. The number of carbonyl (C=O) groups is 2. The van der Waals surface area contributed by atoms with E-state index in [2.05, 4.69) is 12.1 Å². The van der Waals surface area contributed by atoms with E-state index in [9.17, 15) is 9.59 Å². The number of piperidine rings is 1. The summed E-state index contributed by atoms with van der Waals surface area (Å²) in [6, 6.07) is 10.2. The molecule has 2 aliphatic heterocycles. The highest BCUT2D eigenvalue weighted by Gasteiger charge is 2.49. The fraction of sp³-hybridized carbons (Fsp3) is 0.556. The van der Waals surface area contributed by atoms with Crippen LogP contribution < -0.4 is 0 Å². The maximum Gasteiger partial charge on any atom is 0.248 e. The molecule has 124 valence electrons. The summed E-state index contributed by atoms with van der Waals surface area (Å²) < 4.78 is 0. The van der Waals surface area contributed by atoms with Gasteiger partial charge >= 0.3 is 0 Å². The number of hydrogen-bond donors (Lipinski definition) is 1. The number of benzene rings is 1. The Morgan fingerprint density at radius 2 is 1.96 bits per heavy atom. The van der Waals surface area contributed by atoms with Gasteiger partial charge < -0.3 is 14.9 Å². The Labute approximate surface area is 136 Å². The van der Waals surface area contributed by atoms with Gasteiger partial charge in [0.25, 0.3) is 0 Å². The third-order valence-electron chi connectivity index (χ3n) is 5.18. The van der Waals surface area contributed by atoms with Crippen LogP contribution in [0.1, 0.15) is 24.8 Å². The SMILES string of the molecule is O=C(CO)N1CCC2(CCCN(CCc3ccccc3)C2=O)C1. The molecule has 0 aliphatic carbocycles. The molecule has 5 nitrogen and oxygen atoms in total. The zero-order valence-corrected chi connectivity index (χ0v) is 13.4. The van der Waals surface area contributed by atoms with E-state index in [0.29, 0.717) is 13.1 Å². The van der Waals surface area contributed by atoms with Gasteiger partial charge in [-0.3, -0.25) is 9.59 Å². The average Bonchev–Trinajstić information content (AvgIpc) is 3.02. The zero-order valence-electron chi connectivity index (χ0n) is 13.4. The number of aliphatic hydroxyl groups excluding tert-OH is 1. The van der Waals surface area contributed by atoms with Crippen molar-refractivity contribution in [1.82, 2.24) is 9.80 Å². The summed E-state index contributed by atoms with van der Waals surface area (Å²) in [6.07, 6.45) is 3.42. The molecule has 2 fully saturated rings. The van der Waals surface area contributed by atoms with Crippen LogP contribution >= 0.6 is 0 Å². The Bertz CT molecular complexity index is 575. The predicted molar refractivity (Wildman–Crippen MR) is 86.7 cm³/mol. The molecule has 5 heteroatoms. The maximum atomic E-state index is 13.0. The van der Waals surface area contributed by atoms with Crippen molar-refractivity contribution >= 4 is 11.8 Å². The van der Waals surface area contributed by atoms with Crippen LogP contribution in [0.2, 0.25) is 0 Å². The number of aliphatic hydroxyl groups is 1. The van der Waals surface area contributed by atoms with Crippen molar-refractivity contribution in [2.24, 2.45) is 5.41 Å². The Kier molecular flexibility index (Phi) is 4.66. The van der Waals surface area contributed by atoms with Crippen LogP contribution in [-0.2, 0) is 16.0 Å². The minimum absolute atomic E-state index is 0.188.